The van der Waals surface area contributed by atoms with Crippen LogP contribution in [0.2, 0.25) is 0 Å². The smallest absolute Gasteiger partial charge is 0.231 e. The number of rotatable bonds is 3. The summed E-state index contributed by atoms with van der Waals surface area (Å²) in [7, 11) is 1.81. The van der Waals surface area contributed by atoms with E-state index in [-0.39, 0.29) is 5.91 Å². The van der Waals surface area contributed by atoms with Gasteiger partial charge in [0.1, 0.15) is 5.82 Å². The quantitative estimate of drug-likeness (QED) is 0.803. The average Bonchev–Trinajstić information content (AvgIpc) is 3.04. The molecule has 5 heteroatoms. The molecule has 0 aliphatic heterocycles. The van der Waals surface area contributed by atoms with E-state index in [0.717, 1.165) is 27.4 Å². The fourth-order valence-electron chi connectivity index (χ4n) is 2.16. The number of fused-ring (bicyclic) bond motifs is 1. The van der Waals surface area contributed by atoms with Crippen molar-refractivity contribution in [3.8, 4) is 0 Å². The highest BCUT2D eigenvalue weighted by Gasteiger charge is 2.13. The molecular weight excluding hydrogens is 270 g/mol. The summed E-state index contributed by atoms with van der Waals surface area (Å²) in [6.45, 7) is 1.92. The Labute approximate surface area is 121 Å². The molecule has 0 radical (unpaired) electrons. The third-order valence-electron chi connectivity index (χ3n) is 3.25. The number of aromatic nitrogens is 2. The first-order chi connectivity index (χ1) is 9.63. The maximum Gasteiger partial charge on any atom is 0.231 e. The van der Waals surface area contributed by atoms with Crippen LogP contribution in [0.4, 0.5) is 5.69 Å². The third kappa shape index (κ3) is 2.44. The molecule has 0 fully saturated rings. The number of imidazole rings is 1. The molecule has 0 bridgehead atoms. The second-order valence-corrected chi connectivity index (χ2v) is 5.76. The van der Waals surface area contributed by atoms with Gasteiger partial charge in [-0.1, -0.05) is 6.07 Å². The summed E-state index contributed by atoms with van der Waals surface area (Å²) in [5.74, 6) is 0.966. The monoisotopic (exact) mass is 285 g/mol. The van der Waals surface area contributed by atoms with Crippen molar-refractivity contribution in [3.05, 3.63) is 46.4 Å². The minimum atomic E-state index is 0.0861. The molecule has 1 amide bonds. The number of aromatic amines is 1. The number of benzene rings is 1. The zero-order valence-electron chi connectivity index (χ0n) is 11.4. The van der Waals surface area contributed by atoms with Crippen LogP contribution >= 0.6 is 11.3 Å². The molecule has 0 saturated heterocycles. The number of H-pyrrole nitrogens is 1. The molecule has 2 heterocycles. The molecule has 102 valence electrons. The average molecular weight is 285 g/mol. The van der Waals surface area contributed by atoms with E-state index in [1.165, 1.54) is 0 Å². The Bertz CT molecular complexity index is 746. The van der Waals surface area contributed by atoms with Crippen LogP contribution in [-0.4, -0.2) is 22.9 Å². The molecule has 4 nitrogen and oxygen atoms in total. The van der Waals surface area contributed by atoms with Gasteiger partial charge in [-0.15, -0.1) is 11.3 Å². The van der Waals surface area contributed by atoms with Crippen LogP contribution in [0.5, 0.6) is 0 Å². The SMILES string of the molecule is Cc1nc2ccc(N(C)C(=O)Cc3cccs3)cc2[nH]1. The first kappa shape index (κ1) is 12.9. The lowest BCUT2D eigenvalue weighted by atomic mass is 10.2. The number of carbonyl (C=O) groups is 1. The van der Waals surface area contributed by atoms with Crippen LogP contribution in [0.3, 0.4) is 0 Å². The molecule has 20 heavy (non-hydrogen) atoms. The van der Waals surface area contributed by atoms with Gasteiger partial charge in [0.2, 0.25) is 5.91 Å². The second kappa shape index (κ2) is 5.09. The fourth-order valence-corrected chi connectivity index (χ4v) is 2.85. The maximum atomic E-state index is 12.3. The molecule has 1 aromatic carbocycles. The van der Waals surface area contributed by atoms with Gasteiger partial charge in [-0.05, 0) is 36.6 Å². The normalized spacial score (nSPS) is 10.9. The molecule has 0 atom stereocenters. The number of likely N-dealkylation sites (N-methyl/N-ethyl adjacent to an activating group) is 1. The summed E-state index contributed by atoms with van der Waals surface area (Å²) in [5, 5.41) is 1.99. The Morgan fingerprint density at radius 1 is 1.40 bits per heavy atom. The number of thiophene rings is 1. The van der Waals surface area contributed by atoms with E-state index < -0.39 is 0 Å². The van der Waals surface area contributed by atoms with Gasteiger partial charge in [0.15, 0.2) is 0 Å². The van der Waals surface area contributed by atoms with Crippen molar-refractivity contribution in [1.29, 1.82) is 0 Å². The Kier molecular flexibility index (Phi) is 3.28. The molecule has 0 aliphatic rings. The zero-order chi connectivity index (χ0) is 14.1. The van der Waals surface area contributed by atoms with Gasteiger partial charge in [-0.3, -0.25) is 4.79 Å². The first-order valence-corrected chi connectivity index (χ1v) is 7.27. The van der Waals surface area contributed by atoms with Gasteiger partial charge in [0.05, 0.1) is 17.5 Å². The summed E-state index contributed by atoms with van der Waals surface area (Å²) in [4.78, 5) is 22.6. The Balaban J connectivity index is 1.83. The van der Waals surface area contributed by atoms with Crippen molar-refractivity contribution < 1.29 is 4.79 Å². The van der Waals surface area contributed by atoms with Crippen molar-refractivity contribution in [2.24, 2.45) is 0 Å². The van der Waals surface area contributed by atoms with E-state index in [1.807, 2.05) is 42.6 Å². The third-order valence-corrected chi connectivity index (χ3v) is 4.13. The van der Waals surface area contributed by atoms with E-state index in [0.29, 0.717) is 6.42 Å². The summed E-state index contributed by atoms with van der Waals surface area (Å²) in [5.41, 5.74) is 2.75. The molecule has 0 aliphatic carbocycles. The molecule has 0 unspecified atom stereocenters. The van der Waals surface area contributed by atoms with Crippen LogP contribution < -0.4 is 4.90 Å². The second-order valence-electron chi connectivity index (χ2n) is 4.73. The lowest BCUT2D eigenvalue weighted by Crippen LogP contribution is -2.27. The van der Waals surface area contributed by atoms with Gasteiger partial charge < -0.3 is 9.88 Å². The topological polar surface area (TPSA) is 49.0 Å². The maximum absolute atomic E-state index is 12.3. The van der Waals surface area contributed by atoms with Crippen LogP contribution in [0.1, 0.15) is 10.7 Å². The van der Waals surface area contributed by atoms with Crippen molar-refractivity contribution in [1.82, 2.24) is 9.97 Å². The lowest BCUT2D eigenvalue weighted by molar-refractivity contribution is -0.117. The lowest BCUT2D eigenvalue weighted by Gasteiger charge is -2.16. The van der Waals surface area contributed by atoms with Gasteiger partial charge in [-0.2, -0.15) is 0 Å². The Morgan fingerprint density at radius 3 is 3.00 bits per heavy atom. The fraction of sp³-hybridized carbons (Fsp3) is 0.200. The summed E-state index contributed by atoms with van der Waals surface area (Å²) >= 11 is 1.61. The van der Waals surface area contributed by atoms with Crippen LogP contribution in [0, 0.1) is 6.92 Å². The number of hydrogen-bond acceptors (Lipinski definition) is 3. The number of amides is 1. The number of nitrogens with zero attached hydrogens (tertiary/aromatic N) is 2. The molecule has 0 saturated carbocycles. The number of carbonyl (C=O) groups excluding carboxylic acids is 1. The van der Waals surface area contributed by atoms with E-state index >= 15 is 0 Å². The largest absolute Gasteiger partial charge is 0.342 e. The van der Waals surface area contributed by atoms with Crippen molar-refractivity contribution in [3.63, 3.8) is 0 Å². The molecule has 2 aromatic heterocycles. The summed E-state index contributed by atoms with van der Waals surface area (Å²) in [6.07, 6.45) is 0.439. The van der Waals surface area contributed by atoms with Crippen molar-refractivity contribution in [2.75, 3.05) is 11.9 Å². The van der Waals surface area contributed by atoms with Crippen LogP contribution in [-0.2, 0) is 11.2 Å². The Morgan fingerprint density at radius 2 is 2.25 bits per heavy atom. The first-order valence-electron chi connectivity index (χ1n) is 6.39. The summed E-state index contributed by atoms with van der Waals surface area (Å²) in [6, 6.07) is 9.77. The highest BCUT2D eigenvalue weighted by atomic mass is 32.1. The van der Waals surface area contributed by atoms with Crippen molar-refractivity contribution >= 4 is 34.0 Å². The van der Waals surface area contributed by atoms with Crippen molar-refractivity contribution in [2.45, 2.75) is 13.3 Å². The van der Waals surface area contributed by atoms with Gasteiger partial charge in [0.25, 0.3) is 0 Å². The predicted molar refractivity (Wildman–Crippen MR) is 82.3 cm³/mol. The molecular formula is C15H15N3OS. The number of anilines is 1. The zero-order valence-corrected chi connectivity index (χ0v) is 12.2. The predicted octanol–water partition coefficient (Wildman–Crippen LogP) is 3.14. The van der Waals surface area contributed by atoms with Gasteiger partial charge in [-0.25, -0.2) is 4.98 Å². The van der Waals surface area contributed by atoms with E-state index in [1.54, 1.807) is 23.3 Å². The van der Waals surface area contributed by atoms with E-state index in [9.17, 15) is 4.79 Å². The van der Waals surface area contributed by atoms with Crippen LogP contribution in [0.15, 0.2) is 35.7 Å². The Hall–Kier alpha value is -2.14. The van der Waals surface area contributed by atoms with Gasteiger partial charge >= 0.3 is 0 Å². The number of hydrogen-bond donors (Lipinski definition) is 1. The minimum absolute atomic E-state index is 0.0861. The van der Waals surface area contributed by atoms with Crippen LogP contribution in [0.25, 0.3) is 11.0 Å². The standard InChI is InChI=1S/C15H15N3OS/c1-10-16-13-6-5-11(8-14(13)17-10)18(2)15(19)9-12-4-3-7-20-12/h3-8H,9H2,1-2H3,(H,16,17). The molecule has 3 rings (SSSR count). The number of nitrogens with one attached hydrogen (secondary N) is 1. The number of aryl methyl sites for hydroxylation is 1. The highest BCUT2D eigenvalue weighted by molar-refractivity contribution is 7.10. The summed E-state index contributed by atoms with van der Waals surface area (Å²) < 4.78 is 0. The highest BCUT2D eigenvalue weighted by Crippen LogP contribution is 2.21. The van der Waals surface area contributed by atoms with E-state index in [4.69, 9.17) is 0 Å². The molecule has 3 aromatic rings. The minimum Gasteiger partial charge on any atom is -0.342 e. The molecule has 0 spiro atoms. The van der Waals surface area contributed by atoms with Gasteiger partial charge in [0, 0.05) is 17.6 Å². The van der Waals surface area contributed by atoms with E-state index in [2.05, 4.69) is 9.97 Å². The molecule has 1 N–H and O–H groups in total.